The van der Waals surface area contributed by atoms with Gasteiger partial charge in [-0.05, 0) is 19.4 Å². The number of H-pyrrole nitrogens is 1. The third-order valence-corrected chi connectivity index (χ3v) is 3.85. The maximum absolute atomic E-state index is 11.8. The van der Waals surface area contributed by atoms with E-state index >= 15 is 0 Å². The van der Waals surface area contributed by atoms with Gasteiger partial charge in [0.15, 0.2) is 5.03 Å². The second-order valence-electron chi connectivity index (χ2n) is 3.51. The largest absolute Gasteiger partial charge is 0.328 e. The minimum absolute atomic E-state index is 0.00980. The number of aromatic amines is 1. The number of hydrogen-bond donors (Lipinski definition) is 2. The summed E-state index contributed by atoms with van der Waals surface area (Å²) in [6.07, 6.45) is 2.04. The average molecular weight is 232 g/mol. The minimum Gasteiger partial charge on any atom is -0.328 e. The first-order chi connectivity index (χ1) is 6.94. The highest BCUT2D eigenvalue weighted by Gasteiger charge is 2.21. The molecule has 0 aliphatic rings. The summed E-state index contributed by atoms with van der Waals surface area (Å²) in [6.45, 7) is 2.25. The molecule has 1 unspecified atom stereocenters. The molecule has 6 nitrogen and oxygen atoms in total. The molecule has 1 aromatic heterocycles. The van der Waals surface area contributed by atoms with Crippen LogP contribution in [0.4, 0.5) is 0 Å². The molecule has 0 spiro atoms. The molecule has 86 valence electrons. The lowest BCUT2D eigenvalue weighted by atomic mass is 10.2. The first-order valence-electron chi connectivity index (χ1n) is 4.66. The molecule has 7 heteroatoms. The number of hydrogen-bond acceptors (Lipinski definition) is 4. The van der Waals surface area contributed by atoms with Crippen molar-refractivity contribution in [2.24, 2.45) is 5.73 Å². The highest BCUT2D eigenvalue weighted by molar-refractivity contribution is 7.89. The quantitative estimate of drug-likeness (QED) is 0.733. The number of nitrogens with one attached hydrogen (secondary N) is 1. The molecule has 1 heterocycles. The number of rotatable bonds is 5. The molecular weight excluding hydrogens is 216 g/mol. The monoisotopic (exact) mass is 232 g/mol. The van der Waals surface area contributed by atoms with Crippen LogP contribution in [0.1, 0.15) is 13.3 Å². The molecule has 1 aromatic rings. The third kappa shape index (κ3) is 3.01. The maximum atomic E-state index is 11.8. The Morgan fingerprint density at radius 1 is 1.67 bits per heavy atom. The molecular formula is C8H16N4O2S. The summed E-state index contributed by atoms with van der Waals surface area (Å²) in [5, 5.41) is 6.15. The molecule has 0 radical (unpaired) electrons. The summed E-state index contributed by atoms with van der Waals surface area (Å²) < 4.78 is 24.9. The van der Waals surface area contributed by atoms with Crippen molar-refractivity contribution < 1.29 is 8.42 Å². The second kappa shape index (κ2) is 4.73. The smallest absolute Gasteiger partial charge is 0.259 e. The fourth-order valence-electron chi connectivity index (χ4n) is 1.06. The van der Waals surface area contributed by atoms with Crippen LogP contribution in [0.15, 0.2) is 17.3 Å². The molecule has 0 saturated heterocycles. The summed E-state index contributed by atoms with van der Waals surface area (Å²) in [4.78, 5) is 0. The van der Waals surface area contributed by atoms with Crippen LogP contribution in [-0.2, 0) is 10.0 Å². The summed E-state index contributed by atoms with van der Waals surface area (Å²) in [5.74, 6) is 0. The minimum atomic E-state index is -3.43. The highest BCUT2D eigenvalue weighted by Crippen LogP contribution is 2.10. The van der Waals surface area contributed by atoms with E-state index in [1.807, 2.05) is 6.92 Å². The van der Waals surface area contributed by atoms with E-state index in [1.54, 1.807) is 0 Å². The Labute approximate surface area is 89.5 Å². The van der Waals surface area contributed by atoms with E-state index in [4.69, 9.17) is 5.73 Å². The SMILES string of the molecule is CC(N)CCN(C)S(=O)(=O)c1ccn[nH]1. The first-order valence-corrected chi connectivity index (χ1v) is 6.10. The lowest BCUT2D eigenvalue weighted by molar-refractivity contribution is 0.444. The number of nitrogens with zero attached hydrogens (tertiary/aromatic N) is 2. The molecule has 15 heavy (non-hydrogen) atoms. The maximum Gasteiger partial charge on any atom is 0.259 e. The number of sulfonamides is 1. The Hall–Kier alpha value is -0.920. The Bertz CT molecular complexity index is 385. The van der Waals surface area contributed by atoms with Crippen LogP contribution in [0.3, 0.4) is 0 Å². The van der Waals surface area contributed by atoms with Crippen molar-refractivity contribution in [3.63, 3.8) is 0 Å². The highest BCUT2D eigenvalue weighted by atomic mass is 32.2. The van der Waals surface area contributed by atoms with Crippen LogP contribution in [0.25, 0.3) is 0 Å². The van der Waals surface area contributed by atoms with Gasteiger partial charge in [0.05, 0.1) is 6.20 Å². The van der Waals surface area contributed by atoms with E-state index in [2.05, 4.69) is 10.2 Å². The Morgan fingerprint density at radius 3 is 2.80 bits per heavy atom. The van der Waals surface area contributed by atoms with Gasteiger partial charge in [-0.3, -0.25) is 5.10 Å². The van der Waals surface area contributed by atoms with E-state index in [0.717, 1.165) is 0 Å². The zero-order chi connectivity index (χ0) is 11.5. The van der Waals surface area contributed by atoms with E-state index in [0.29, 0.717) is 13.0 Å². The van der Waals surface area contributed by atoms with Crippen molar-refractivity contribution in [2.45, 2.75) is 24.4 Å². The van der Waals surface area contributed by atoms with Gasteiger partial charge in [0.1, 0.15) is 0 Å². The lowest BCUT2D eigenvalue weighted by Crippen LogP contribution is -2.31. The topological polar surface area (TPSA) is 92.1 Å². The summed E-state index contributed by atoms with van der Waals surface area (Å²) in [6, 6.07) is 1.42. The summed E-state index contributed by atoms with van der Waals surface area (Å²) in [5.41, 5.74) is 5.56. The van der Waals surface area contributed by atoms with Crippen molar-refractivity contribution in [2.75, 3.05) is 13.6 Å². The Morgan fingerprint density at radius 2 is 2.33 bits per heavy atom. The van der Waals surface area contributed by atoms with Crippen molar-refractivity contribution >= 4 is 10.0 Å². The standard InChI is InChI=1S/C8H16N4O2S/c1-7(9)4-6-12(2)15(13,14)8-3-5-10-11-8/h3,5,7H,4,6,9H2,1-2H3,(H,10,11). The molecule has 0 amide bonds. The first kappa shape index (κ1) is 12.2. The molecule has 0 aromatic carbocycles. The van der Waals surface area contributed by atoms with Crippen LogP contribution in [0.2, 0.25) is 0 Å². The Balaban J connectivity index is 2.71. The van der Waals surface area contributed by atoms with Gasteiger partial charge >= 0.3 is 0 Å². The van der Waals surface area contributed by atoms with E-state index in [9.17, 15) is 8.42 Å². The lowest BCUT2D eigenvalue weighted by Gasteiger charge is -2.16. The fraction of sp³-hybridized carbons (Fsp3) is 0.625. The summed E-state index contributed by atoms with van der Waals surface area (Å²) in [7, 11) is -1.91. The average Bonchev–Trinajstić information content (AvgIpc) is 2.66. The molecule has 0 aliphatic carbocycles. The van der Waals surface area contributed by atoms with Gasteiger partial charge in [0.25, 0.3) is 10.0 Å². The van der Waals surface area contributed by atoms with Gasteiger partial charge in [-0.2, -0.15) is 9.40 Å². The zero-order valence-electron chi connectivity index (χ0n) is 8.84. The molecule has 0 aliphatic heterocycles. The molecule has 1 atom stereocenters. The molecule has 3 N–H and O–H groups in total. The van der Waals surface area contributed by atoms with Crippen molar-refractivity contribution in [3.8, 4) is 0 Å². The van der Waals surface area contributed by atoms with Crippen molar-refractivity contribution in [1.29, 1.82) is 0 Å². The van der Waals surface area contributed by atoms with Gasteiger partial charge in [0, 0.05) is 19.6 Å². The number of aromatic nitrogens is 2. The van der Waals surface area contributed by atoms with Crippen LogP contribution in [0.5, 0.6) is 0 Å². The summed E-state index contributed by atoms with van der Waals surface area (Å²) >= 11 is 0. The molecule has 0 fully saturated rings. The van der Waals surface area contributed by atoms with Crippen LogP contribution in [0, 0.1) is 0 Å². The van der Waals surface area contributed by atoms with Crippen molar-refractivity contribution in [3.05, 3.63) is 12.3 Å². The van der Waals surface area contributed by atoms with Gasteiger partial charge in [-0.1, -0.05) is 0 Å². The predicted octanol–water partition coefficient (Wildman–Crippen LogP) is -0.232. The second-order valence-corrected chi connectivity index (χ2v) is 5.53. The van der Waals surface area contributed by atoms with E-state index in [1.165, 1.54) is 23.6 Å². The molecule has 0 saturated carbocycles. The Kier molecular flexibility index (Phi) is 3.83. The molecule has 0 bridgehead atoms. The third-order valence-electron chi connectivity index (χ3n) is 2.06. The predicted molar refractivity (Wildman–Crippen MR) is 56.7 cm³/mol. The van der Waals surface area contributed by atoms with Gasteiger partial charge < -0.3 is 5.73 Å². The van der Waals surface area contributed by atoms with Gasteiger partial charge in [0.2, 0.25) is 0 Å². The van der Waals surface area contributed by atoms with Crippen molar-refractivity contribution in [1.82, 2.24) is 14.5 Å². The zero-order valence-corrected chi connectivity index (χ0v) is 9.66. The van der Waals surface area contributed by atoms with Crippen LogP contribution in [-0.4, -0.2) is 42.6 Å². The van der Waals surface area contributed by atoms with Gasteiger partial charge in [-0.25, -0.2) is 8.42 Å². The van der Waals surface area contributed by atoms with E-state index in [-0.39, 0.29) is 11.1 Å². The number of nitrogens with two attached hydrogens (primary N) is 1. The van der Waals surface area contributed by atoms with E-state index < -0.39 is 10.0 Å². The molecule has 1 rings (SSSR count). The fourth-order valence-corrected chi connectivity index (χ4v) is 2.14. The van der Waals surface area contributed by atoms with Crippen LogP contribution < -0.4 is 5.73 Å². The van der Waals surface area contributed by atoms with Gasteiger partial charge in [-0.15, -0.1) is 0 Å². The normalized spacial score (nSPS) is 14.4. The van der Waals surface area contributed by atoms with Crippen LogP contribution >= 0.6 is 0 Å².